The molecule has 0 saturated heterocycles. The summed E-state index contributed by atoms with van der Waals surface area (Å²) in [7, 11) is 0. The highest BCUT2D eigenvalue weighted by Crippen LogP contribution is 2.30. The standard InChI is InChI=1S/C26H25Cl2N3O4/c1-3-16-7-10-18(11-8-16)29-26(33)25-15(2)24-20(5-4-6-22(24)35-25)30-31-23(32)14-34-21-12-9-17(27)13-19(21)28/h7-13H,3-6,14H2,1-2H3,(H,29,33)(H,31,32)/b30-20+. The predicted octanol–water partition coefficient (Wildman–Crippen LogP) is 5.95. The van der Waals surface area contributed by atoms with E-state index >= 15 is 0 Å². The van der Waals surface area contributed by atoms with Gasteiger partial charge in [0.1, 0.15) is 11.5 Å². The molecule has 2 aromatic carbocycles. The number of halogens is 2. The van der Waals surface area contributed by atoms with E-state index in [1.165, 1.54) is 11.6 Å². The summed E-state index contributed by atoms with van der Waals surface area (Å²) < 4.78 is 11.4. The number of furan rings is 1. The molecular weight excluding hydrogens is 489 g/mol. The molecule has 2 amide bonds. The number of ether oxygens (including phenoxy) is 1. The molecule has 7 nitrogen and oxygen atoms in total. The third kappa shape index (κ3) is 5.86. The molecule has 0 atom stereocenters. The third-order valence-electron chi connectivity index (χ3n) is 5.72. The second kappa shape index (κ2) is 11.0. The summed E-state index contributed by atoms with van der Waals surface area (Å²) in [6, 6.07) is 12.5. The van der Waals surface area contributed by atoms with Gasteiger partial charge in [0.05, 0.1) is 10.7 Å². The van der Waals surface area contributed by atoms with E-state index in [1.807, 2.05) is 31.2 Å². The fourth-order valence-electron chi connectivity index (χ4n) is 3.91. The van der Waals surface area contributed by atoms with Crippen LogP contribution in [0.3, 0.4) is 0 Å². The SMILES string of the molecule is CCc1ccc(NC(=O)c2oc3c(c2C)/C(=N/NC(=O)COc2ccc(Cl)cc2Cl)CCC3)cc1. The molecule has 0 unspecified atom stereocenters. The first kappa shape index (κ1) is 24.8. The van der Waals surface area contributed by atoms with Gasteiger partial charge in [0.25, 0.3) is 11.8 Å². The van der Waals surface area contributed by atoms with Crippen molar-refractivity contribution in [3.8, 4) is 5.75 Å². The lowest BCUT2D eigenvalue weighted by Crippen LogP contribution is -2.27. The van der Waals surface area contributed by atoms with Crippen LogP contribution in [-0.2, 0) is 17.6 Å². The zero-order chi connectivity index (χ0) is 24.9. The molecular formula is C26H25Cl2N3O4. The minimum absolute atomic E-state index is 0.246. The molecule has 3 aromatic rings. The van der Waals surface area contributed by atoms with E-state index in [2.05, 4.69) is 22.8 Å². The molecule has 182 valence electrons. The van der Waals surface area contributed by atoms with Gasteiger partial charge >= 0.3 is 0 Å². The van der Waals surface area contributed by atoms with Crippen LogP contribution in [0, 0.1) is 6.92 Å². The number of hydrazone groups is 1. The predicted molar refractivity (Wildman–Crippen MR) is 137 cm³/mol. The van der Waals surface area contributed by atoms with Crippen molar-refractivity contribution in [2.45, 2.75) is 39.5 Å². The van der Waals surface area contributed by atoms with E-state index in [4.69, 9.17) is 32.4 Å². The molecule has 1 aliphatic rings. The second-order valence-electron chi connectivity index (χ2n) is 8.17. The first-order valence-corrected chi connectivity index (χ1v) is 12.1. The molecule has 0 saturated carbocycles. The molecule has 35 heavy (non-hydrogen) atoms. The fraction of sp³-hybridized carbons (Fsp3) is 0.269. The number of amides is 2. The van der Waals surface area contributed by atoms with E-state index < -0.39 is 5.91 Å². The van der Waals surface area contributed by atoms with Crippen LogP contribution in [0.5, 0.6) is 5.75 Å². The molecule has 0 fully saturated rings. The van der Waals surface area contributed by atoms with Gasteiger partial charge in [-0.2, -0.15) is 5.10 Å². The zero-order valence-corrected chi connectivity index (χ0v) is 20.9. The van der Waals surface area contributed by atoms with Crippen molar-refractivity contribution >= 4 is 46.4 Å². The van der Waals surface area contributed by atoms with Crippen molar-refractivity contribution in [2.24, 2.45) is 5.10 Å². The Hall–Kier alpha value is -3.29. The molecule has 2 N–H and O–H groups in total. The quantitative estimate of drug-likeness (QED) is 0.382. The smallest absolute Gasteiger partial charge is 0.291 e. The monoisotopic (exact) mass is 513 g/mol. The number of carbonyl (C=O) groups is 2. The number of anilines is 1. The Morgan fingerprint density at radius 3 is 2.60 bits per heavy atom. The average Bonchev–Trinajstić information content (AvgIpc) is 3.20. The summed E-state index contributed by atoms with van der Waals surface area (Å²) in [4.78, 5) is 25.2. The van der Waals surface area contributed by atoms with Crippen molar-refractivity contribution in [3.63, 3.8) is 0 Å². The van der Waals surface area contributed by atoms with Gasteiger partial charge in [0, 0.05) is 28.3 Å². The maximum atomic E-state index is 12.9. The topological polar surface area (TPSA) is 92.9 Å². The zero-order valence-electron chi connectivity index (χ0n) is 19.4. The molecule has 1 aliphatic carbocycles. The normalized spacial score (nSPS) is 13.9. The molecule has 1 aromatic heterocycles. The van der Waals surface area contributed by atoms with Gasteiger partial charge in [0.15, 0.2) is 12.4 Å². The van der Waals surface area contributed by atoms with E-state index in [1.54, 1.807) is 12.1 Å². The lowest BCUT2D eigenvalue weighted by molar-refractivity contribution is -0.123. The van der Waals surface area contributed by atoms with Crippen molar-refractivity contribution in [3.05, 3.63) is 80.7 Å². The van der Waals surface area contributed by atoms with Crippen molar-refractivity contribution in [2.75, 3.05) is 11.9 Å². The molecule has 9 heteroatoms. The number of benzene rings is 2. The second-order valence-corrected chi connectivity index (χ2v) is 9.01. The van der Waals surface area contributed by atoms with Crippen LogP contribution in [-0.4, -0.2) is 24.1 Å². The largest absolute Gasteiger partial charge is 0.482 e. The number of nitrogens with zero attached hydrogens (tertiary/aromatic N) is 1. The Balaban J connectivity index is 1.44. The highest BCUT2D eigenvalue weighted by Gasteiger charge is 2.28. The summed E-state index contributed by atoms with van der Waals surface area (Å²) in [6.07, 6.45) is 3.07. The number of hydrogen-bond acceptors (Lipinski definition) is 5. The first-order chi connectivity index (χ1) is 16.9. The molecule has 1 heterocycles. The maximum Gasteiger partial charge on any atom is 0.291 e. The molecule has 0 spiro atoms. The average molecular weight is 514 g/mol. The number of fused-ring (bicyclic) bond motifs is 1. The summed E-state index contributed by atoms with van der Waals surface area (Å²) in [5, 5.41) is 7.98. The van der Waals surface area contributed by atoms with Gasteiger partial charge < -0.3 is 14.5 Å². The fourth-order valence-corrected chi connectivity index (χ4v) is 4.37. The Morgan fingerprint density at radius 2 is 1.89 bits per heavy atom. The van der Waals surface area contributed by atoms with Crippen LogP contribution < -0.4 is 15.5 Å². The van der Waals surface area contributed by atoms with Crippen molar-refractivity contribution in [1.82, 2.24) is 5.43 Å². The van der Waals surface area contributed by atoms with Gasteiger partial charge in [-0.3, -0.25) is 9.59 Å². The lowest BCUT2D eigenvalue weighted by atomic mass is 9.93. The van der Waals surface area contributed by atoms with Crippen LogP contribution >= 0.6 is 23.2 Å². The summed E-state index contributed by atoms with van der Waals surface area (Å²) in [5.41, 5.74) is 6.54. The molecule has 0 bridgehead atoms. The van der Waals surface area contributed by atoms with Crippen LogP contribution in [0.1, 0.15) is 52.8 Å². The lowest BCUT2D eigenvalue weighted by Gasteiger charge is -2.13. The van der Waals surface area contributed by atoms with Gasteiger partial charge in [-0.1, -0.05) is 42.3 Å². The molecule has 4 rings (SSSR count). The maximum absolute atomic E-state index is 12.9. The van der Waals surface area contributed by atoms with Gasteiger partial charge in [-0.05, 0) is 62.1 Å². The van der Waals surface area contributed by atoms with Crippen LogP contribution in [0.4, 0.5) is 5.69 Å². The Kier molecular flexibility index (Phi) is 7.78. The van der Waals surface area contributed by atoms with Crippen molar-refractivity contribution in [1.29, 1.82) is 0 Å². The highest BCUT2D eigenvalue weighted by molar-refractivity contribution is 6.35. The minimum atomic E-state index is -0.440. The van der Waals surface area contributed by atoms with E-state index in [0.29, 0.717) is 51.4 Å². The van der Waals surface area contributed by atoms with Crippen molar-refractivity contribution < 1.29 is 18.7 Å². The van der Waals surface area contributed by atoms with Crippen LogP contribution in [0.25, 0.3) is 0 Å². The number of carbonyl (C=O) groups excluding carboxylic acids is 2. The van der Waals surface area contributed by atoms with Gasteiger partial charge in [0.2, 0.25) is 0 Å². The summed E-state index contributed by atoms with van der Waals surface area (Å²) in [6.45, 7) is 3.64. The Labute approximate surface area is 213 Å². The third-order valence-corrected chi connectivity index (χ3v) is 6.25. The van der Waals surface area contributed by atoms with Gasteiger partial charge in [-0.15, -0.1) is 0 Å². The van der Waals surface area contributed by atoms with E-state index in [9.17, 15) is 9.59 Å². The number of hydrogen-bond donors (Lipinski definition) is 2. The molecule has 0 aliphatic heterocycles. The Morgan fingerprint density at radius 1 is 1.11 bits per heavy atom. The van der Waals surface area contributed by atoms with Crippen LogP contribution in [0.15, 0.2) is 52.0 Å². The molecule has 0 radical (unpaired) electrons. The summed E-state index contributed by atoms with van der Waals surface area (Å²) in [5.74, 6) is 0.529. The number of aryl methyl sites for hydroxylation is 2. The number of rotatable bonds is 7. The van der Waals surface area contributed by atoms with E-state index in [0.717, 1.165) is 18.4 Å². The highest BCUT2D eigenvalue weighted by atomic mass is 35.5. The van der Waals surface area contributed by atoms with E-state index in [-0.39, 0.29) is 18.3 Å². The van der Waals surface area contributed by atoms with Gasteiger partial charge in [-0.25, -0.2) is 5.43 Å². The first-order valence-electron chi connectivity index (χ1n) is 11.3. The number of nitrogens with one attached hydrogen (secondary N) is 2. The summed E-state index contributed by atoms with van der Waals surface area (Å²) >= 11 is 11.9. The minimum Gasteiger partial charge on any atom is -0.482 e. The Bertz CT molecular complexity index is 1280. The van der Waals surface area contributed by atoms with Crippen LogP contribution in [0.2, 0.25) is 10.0 Å².